The Labute approximate surface area is 186 Å². The normalized spacial score (nSPS) is 18.1. The minimum absolute atomic E-state index is 0.0869. The second kappa shape index (κ2) is 9.53. The van der Waals surface area contributed by atoms with E-state index in [0.29, 0.717) is 30.0 Å². The molecule has 1 amide bonds. The Kier molecular flexibility index (Phi) is 7.02. The molecular formula is C23H28N2O5S. The summed E-state index contributed by atoms with van der Waals surface area (Å²) in [6.07, 6.45) is 0.715. The molecule has 166 valence electrons. The first-order valence-corrected chi connectivity index (χ1v) is 10.9. The van der Waals surface area contributed by atoms with Gasteiger partial charge in [0, 0.05) is 17.5 Å². The number of carbonyl (C=O) groups is 2. The maximum Gasteiger partial charge on any atom is 0.295 e. The zero-order valence-corrected chi connectivity index (χ0v) is 19.3. The Morgan fingerprint density at radius 1 is 1.19 bits per heavy atom. The van der Waals surface area contributed by atoms with Gasteiger partial charge in [0.05, 0.1) is 31.4 Å². The number of aryl methyl sites for hydroxylation is 1. The van der Waals surface area contributed by atoms with Crippen LogP contribution >= 0.6 is 11.3 Å². The smallest absolute Gasteiger partial charge is 0.295 e. The highest BCUT2D eigenvalue weighted by Crippen LogP contribution is 2.44. The van der Waals surface area contributed by atoms with Crippen LogP contribution in [0.1, 0.15) is 28.5 Å². The lowest BCUT2D eigenvalue weighted by Crippen LogP contribution is -2.32. The molecule has 7 nitrogen and oxygen atoms in total. The molecule has 1 aromatic carbocycles. The van der Waals surface area contributed by atoms with Crippen molar-refractivity contribution in [3.63, 3.8) is 0 Å². The lowest BCUT2D eigenvalue weighted by molar-refractivity contribution is -0.139. The number of amides is 1. The van der Waals surface area contributed by atoms with E-state index >= 15 is 0 Å². The molecule has 1 aromatic heterocycles. The molecule has 1 fully saturated rings. The molecule has 1 aliphatic heterocycles. The quantitative estimate of drug-likeness (QED) is 0.382. The third-order valence-corrected chi connectivity index (χ3v) is 6.43. The largest absolute Gasteiger partial charge is 0.507 e. The Bertz CT molecular complexity index is 1010. The summed E-state index contributed by atoms with van der Waals surface area (Å²) in [6.45, 7) is 3.15. The van der Waals surface area contributed by atoms with Crippen molar-refractivity contribution < 1.29 is 24.2 Å². The highest BCUT2D eigenvalue weighted by molar-refractivity contribution is 7.10. The Balaban J connectivity index is 2.13. The van der Waals surface area contributed by atoms with Gasteiger partial charge in [-0.05, 0) is 63.1 Å². The van der Waals surface area contributed by atoms with Gasteiger partial charge in [-0.2, -0.15) is 0 Å². The number of methoxy groups -OCH3 is 2. The first-order valence-electron chi connectivity index (χ1n) is 9.99. The second-order valence-corrected chi connectivity index (χ2v) is 8.63. The van der Waals surface area contributed by atoms with Crippen molar-refractivity contribution in [2.24, 2.45) is 0 Å². The lowest BCUT2D eigenvalue weighted by Gasteiger charge is -2.25. The zero-order valence-electron chi connectivity index (χ0n) is 18.5. The number of benzene rings is 1. The molecule has 0 radical (unpaired) electrons. The lowest BCUT2D eigenvalue weighted by atomic mass is 9.98. The maximum atomic E-state index is 13.1. The third-order valence-electron chi connectivity index (χ3n) is 5.36. The maximum absolute atomic E-state index is 13.1. The van der Waals surface area contributed by atoms with Crippen LogP contribution in [0.2, 0.25) is 0 Å². The van der Waals surface area contributed by atoms with E-state index in [2.05, 4.69) is 0 Å². The third kappa shape index (κ3) is 4.45. The SMILES string of the molecule is COc1ccc(/C(O)=C2\C(=O)C(=O)N(CCCN(C)C)C2c2sccc2C)c(OC)c1. The van der Waals surface area contributed by atoms with E-state index in [1.54, 1.807) is 23.1 Å². The van der Waals surface area contributed by atoms with E-state index in [1.165, 1.54) is 25.6 Å². The number of aliphatic hydroxyl groups is 1. The summed E-state index contributed by atoms with van der Waals surface area (Å²) in [6, 6.07) is 6.26. The van der Waals surface area contributed by atoms with Crippen LogP contribution in [0.3, 0.4) is 0 Å². The minimum atomic E-state index is -0.682. The summed E-state index contributed by atoms with van der Waals surface area (Å²) in [4.78, 5) is 30.5. The summed E-state index contributed by atoms with van der Waals surface area (Å²) in [5.41, 5.74) is 1.40. The fraction of sp³-hybridized carbons (Fsp3) is 0.391. The molecule has 0 aliphatic carbocycles. The van der Waals surface area contributed by atoms with Crippen LogP contribution in [0, 0.1) is 6.92 Å². The number of nitrogens with zero attached hydrogens (tertiary/aromatic N) is 2. The number of ketones is 1. The number of likely N-dealkylation sites (tertiary alicyclic amines) is 1. The van der Waals surface area contributed by atoms with E-state index < -0.39 is 17.7 Å². The topological polar surface area (TPSA) is 79.3 Å². The fourth-order valence-electron chi connectivity index (χ4n) is 3.74. The van der Waals surface area contributed by atoms with Crippen LogP contribution in [0.4, 0.5) is 0 Å². The van der Waals surface area contributed by atoms with Gasteiger partial charge in [0.15, 0.2) is 0 Å². The highest BCUT2D eigenvalue weighted by atomic mass is 32.1. The fourth-order valence-corrected chi connectivity index (χ4v) is 4.79. The molecular weight excluding hydrogens is 416 g/mol. The number of ether oxygens (including phenoxy) is 2. The number of Topliss-reactive ketones (excluding diaryl/α,β-unsaturated/α-hetero) is 1. The zero-order chi connectivity index (χ0) is 22.7. The molecule has 2 heterocycles. The average Bonchev–Trinajstić information content (AvgIpc) is 3.28. The first-order chi connectivity index (χ1) is 14.8. The van der Waals surface area contributed by atoms with Gasteiger partial charge in [-0.3, -0.25) is 9.59 Å². The predicted octanol–water partition coefficient (Wildman–Crippen LogP) is 3.45. The highest BCUT2D eigenvalue weighted by Gasteiger charge is 2.47. The van der Waals surface area contributed by atoms with Crippen molar-refractivity contribution in [3.8, 4) is 11.5 Å². The van der Waals surface area contributed by atoms with Gasteiger partial charge in [-0.15, -0.1) is 11.3 Å². The van der Waals surface area contributed by atoms with Gasteiger partial charge in [0.25, 0.3) is 11.7 Å². The first kappa shape index (κ1) is 22.8. The van der Waals surface area contributed by atoms with Crippen molar-refractivity contribution in [1.82, 2.24) is 9.80 Å². The molecule has 1 saturated heterocycles. The molecule has 0 bridgehead atoms. The Morgan fingerprint density at radius 3 is 2.52 bits per heavy atom. The van der Waals surface area contributed by atoms with Crippen molar-refractivity contribution in [2.75, 3.05) is 41.4 Å². The summed E-state index contributed by atoms with van der Waals surface area (Å²) in [5, 5.41) is 13.2. The molecule has 1 unspecified atom stereocenters. The van der Waals surface area contributed by atoms with Crippen molar-refractivity contribution >= 4 is 28.8 Å². The number of thiophene rings is 1. The number of hydrogen-bond acceptors (Lipinski definition) is 7. The summed E-state index contributed by atoms with van der Waals surface area (Å²) >= 11 is 1.47. The molecule has 1 atom stereocenters. The van der Waals surface area contributed by atoms with Gasteiger partial charge < -0.3 is 24.4 Å². The standard InChI is InChI=1S/C23H28N2O5S/c1-14-9-12-31-22(14)19-18(21(27)23(28)25(19)11-6-10-24(2)3)20(26)16-8-7-15(29-4)13-17(16)30-5/h7-9,12-13,19,26H,6,10-11H2,1-5H3/b20-18+. The second-order valence-electron chi connectivity index (χ2n) is 7.68. The summed E-state index contributed by atoms with van der Waals surface area (Å²) in [5.74, 6) is -0.602. The van der Waals surface area contributed by atoms with E-state index in [0.717, 1.165) is 17.0 Å². The van der Waals surface area contributed by atoms with Crippen LogP contribution in [0.5, 0.6) is 11.5 Å². The molecule has 0 spiro atoms. The Morgan fingerprint density at radius 2 is 1.94 bits per heavy atom. The molecule has 2 aromatic rings. The van der Waals surface area contributed by atoms with Crippen molar-refractivity contribution in [1.29, 1.82) is 0 Å². The molecule has 8 heteroatoms. The van der Waals surface area contributed by atoms with Crippen molar-refractivity contribution in [3.05, 3.63) is 51.2 Å². The Hall–Kier alpha value is -2.84. The molecule has 3 rings (SSSR count). The van der Waals surface area contributed by atoms with E-state index in [1.807, 2.05) is 37.4 Å². The van der Waals surface area contributed by atoms with E-state index in [9.17, 15) is 14.7 Å². The van der Waals surface area contributed by atoms with Gasteiger partial charge in [0.2, 0.25) is 0 Å². The molecule has 1 N–H and O–H groups in total. The predicted molar refractivity (Wildman–Crippen MR) is 121 cm³/mol. The van der Waals surface area contributed by atoms with Crippen LogP contribution in [0.15, 0.2) is 35.2 Å². The van der Waals surface area contributed by atoms with Crippen molar-refractivity contribution in [2.45, 2.75) is 19.4 Å². The minimum Gasteiger partial charge on any atom is -0.507 e. The van der Waals surface area contributed by atoms with Crippen LogP contribution < -0.4 is 9.47 Å². The van der Waals surface area contributed by atoms with Crippen LogP contribution in [-0.2, 0) is 9.59 Å². The molecule has 1 aliphatic rings. The van der Waals surface area contributed by atoms with Gasteiger partial charge in [-0.1, -0.05) is 0 Å². The monoisotopic (exact) mass is 444 g/mol. The summed E-state index contributed by atoms with van der Waals surface area (Å²) < 4.78 is 10.6. The van der Waals surface area contributed by atoms with E-state index in [-0.39, 0.29) is 11.3 Å². The summed E-state index contributed by atoms with van der Waals surface area (Å²) in [7, 11) is 6.94. The van der Waals surface area contributed by atoms with Gasteiger partial charge in [-0.25, -0.2) is 0 Å². The average molecular weight is 445 g/mol. The van der Waals surface area contributed by atoms with Gasteiger partial charge in [0.1, 0.15) is 17.3 Å². The van der Waals surface area contributed by atoms with E-state index in [4.69, 9.17) is 9.47 Å². The number of rotatable bonds is 8. The number of aliphatic hydroxyl groups excluding tert-OH is 1. The molecule has 31 heavy (non-hydrogen) atoms. The number of hydrogen-bond donors (Lipinski definition) is 1. The van der Waals surface area contributed by atoms with Crippen LogP contribution in [0.25, 0.3) is 5.76 Å². The van der Waals surface area contributed by atoms with Crippen LogP contribution in [-0.4, -0.2) is 68.0 Å². The van der Waals surface area contributed by atoms with Gasteiger partial charge >= 0.3 is 0 Å². The molecule has 0 saturated carbocycles. The number of carbonyl (C=O) groups excluding carboxylic acids is 2.